The zero-order valence-corrected chi connectivity index (χ0v) is 14.2. The predicted molar refractivity (Wildman–Crippen MR) is 88.2 cm³/mol. The summed E-state index contributed by atoms with van der Waals surface area (Å²) >= 11 is 0. The van der Waals surface area contributed by atoms with Crippen LogP contribution in [0, 0.1) is 0 Å². The lowest BCUT2D eigenvalue weighted by Gasteiger charge is -2.25. The average Bonchev–Trinajstić information content (AvgIpc) is 3.24. The van der Waals surface area contributed by atoms with Crippen LogP contribution in [0.1, 0.15) is 55.9 Å². The van der Waals surface area contributed by atoms with Crippen LogP contribution in [-0.4, -0.2) is 34.8 Å². The van der Waals surface area contributed by atoms with Crippen LogP contribution in [0.5, 0.6) is 11.5 Å². The molecular weight excluding hydrogens is 306 g/mol. The van der Waals surface area contributed by atoms with Crippen molar-refractivity contribution in [2.45, 2.75) is 45.2 Å². The second-order valence-electron chi connectivity index (χ2n) is 6.74. The molecule has 0 unspecified atom stereocenters. The molecule has 3 heterocycles. The molecule has 6 heteroatoms. The number of likely N-dealkylation sites (tertiary alicyclic amines) is 1. The van der Waals surface area contributed by atoms with Gasteiger partial charge in [0.25, 0.3) is 0 Å². The molecule has 2 aromatic rings. The quantitative estimate of drug-likeness (QED) is 0.858. The minimum absolute atomic E-state index is 0.262. The average molecular weight is 329 g/mol. The number of fused-ring (bicyclic) bond motifs is 1. The Bertz CT molecular complexity index is 713. The molecule has 4 rings (SSSR count). The van der Waals surface area contributed by atoms with Crippen molar-refractivity contribution < 1.29 is 14.0 Å². The first-order valence-corrected chi connectivity index (χ1v) is 8.67. The SMILES string of the molecule is CC(C)c1nc(CN2CCC[C@H]2c2ccc3c(c2)OCCO3)no1. The summed E-state index contributed by atoms with van der Waals surface area (Å²) in [6.45, 7) is 7.12. The van der Waals surface area contributed by atoms with Crippen molar-refractivity contribution >= 4 is 0 Å². The van der Waals surface area contributed by atoms with E-state index in [0.29, 0.717) is 25.1 Å². The lowest BCUT2D eigenvalue weighted by atomic mass is 10.0. The first-order chi connectivity index (χ1) is 11.7. The van der Waals surface area contributed by atoms with Gasteiger partial charge >= 0.3 is 0 Å². The maximum atomic E-state index is 5.72. The minimum Gasteiger partial charge on any atom is -0.486 e. The Morgan fingerprint density at radius 1 is 1.21 bits per heavy atom. The Hall–Kier alpha value is -2.08. The lowest BCUT2D eigenvalue weighted by molar-refractivity contribution is 0.170. The van der Waals surface area contributed by atoms with Crippen LogP contribution in [0.25, 0.3) is 0 Å². The van der Waals surface area contributed by atoms with Crippen LogP contribution in [0.4, 0.5) is 0 Å². The molecule has 0 N–H and O–H groups in total. The smallest absolute Gasteiger partial charge is 0.229 e. The van der Waals surface area contributed by atoms with E-state index in [2.05, 4.69) is 41.0 Å². The van der Waals surface area contributed by atoms with Crippen molar-refractivity contribution in [3.63, 3.8) is 0 Å². The first-order valence-electron chi connectivity index (χ1n) is 8.67. The van der Waals surface area contributed by atoms with E-state index >= 15 is 0 Å². The summed E-state index contributed by atoms with van der Waals surface area (Å²) in [6.07, 6.45) is 2.31. The molecule has 1 saturated heterocycles. The molecule has 1 aromatic heterocycles. The second kappa shape index (κ2) is 6.43. The van der Waals surface area contributed by atoms with Crippen LogP contribution in [0.3, 0.4) is 0 Å². The molecule has 0 spiro atoms. The highest BCUT2D eigenvalue weighted by Crippen LogP contribution is 2.38. The summed E-state index contributed by atoms with van der Waals surface area (Å²) in [5.74, 6) is 3.43. The third kappa shape index (κ3) is 2.98. The van der Waals surface area contributed by atoms with Gasteiger partial charge in [0, 0.05) is 12.0 Å². The van der Waals surface area contributed by atoms with Gasteiger partial charge in [0.1, 0.15) is 13.2 Å². The predicted octanol–water partition coefficient (Wildman–Crippen LogP) is 3.30. The summed E-state index contributed by atoms with van der Waals surface area (Å²) in [6, 6.07) is 6.65. The molecule has 2 aliphatic rings. The standard InChI is InChI=1S/C18H23N3O3/c1-12(2)18-19-17(20-24-18)11-21-7-3-4-14(21)13-5-6-15-16(10-13)23-9-8-22-15/h5-6,10,12,14H,3-4,7-9,11H2,1-2H3/t14-/m0/s1. The Morgan fingerprint density at radius 3 is 2.83 bits per heavy atom. The minimum atomic E-state index is 0.262. The van der Waals surface area contributed by atoms with E-state index in [0.717, 1.165) is 36.8 Å². The summed E-state index contributed by atoms with van der Waals surface area (Å²) in [7, 11) is 0. The summed E-state index contributed by atoms with van der Waals surface area (Å²) in [5.41, 5.74) is 1.27. The van der Waals surface area contributed by atoms with Crippen molar-refractivity contribution in [3.05, 3.63) is 35.5 Å². The van der Waals surface area contributed by atoms with Crippen LogP contribution < -0.4 is 9.47 Å². The van der Waals surface area contributed by atoms with E-state index in [1.54, 1.807) is 0 Å². The Kier molecular flexibility index (Phi) is 4.14. The van der Waals surface area contributed by atoms with Crippen LogP contribution >= 0.6 is 0 Å². The number of rotatable bonds is 4. The van der Waals surface area contributed by atoms with Crippen molar-refractivity contribution in [2.75, 3.05) is 19.8 Å². The molecule has 0 bridgehead atoms. The second-order valence-corrected chi connectivity index (χ2v) is 6.74. The van der Waals surface area contributed by atoms with Gasteiger partial charge in [0.05, 0.1) is 6.54 Å². The Labute approximate surface area is 141 Å². The molecular formula is C18H23N3O3. The first kappa shape index (κ1) is 15.4. The molecule has 24 heavy (non-hydrogen) atoms. The van der Waals surface area contributed by atoms with Gasteiger partial charge in [-0.05, 0) is 37.1 Å². The largest absolute Gasteiger partial charge is 0.486 e. The highest BCUT2D eigenvalue weighted by atomic mass is 16.6. The van der Waals surface area contributed by atoms with Crippen LogP contribution in [-0.2, 0) is 6.54 Å². The van der Waals surface area contributed by atoms with Gasteiger partial charge in [-0.2, -0.15) is 4.98 Å². The van der Waals surface area contributed by atoms with Gasteiger partial charge in [-0.1, -0.05) is 25.1 Å². The fourth-order valence-electron chi connectivity index (χ4n) is 3.41. The number of ether oxygens (including phenoxy) is 2. The number of nitrogens with zero attached hydrogens (tertiary/aromatic N) is 3. The fraction of sp³-hybridized carbons (Fsp3) is 0.556. The van der Waals surface area contributed by atoms with Crippen molar-refractivity contribution in [1.82, 2.24) is 15.0 Å². The monoisotopic (exact) mass is 329 g/mol. The van der Waals surface area contributed by atoms with E-state index in [9.17, 15) is 0 Å². The van der Waals surface area contributed by atoms with E-state index in [-0.39, 0.29) is 5.92 Å². The molecule has 2 aliphatic heterocycles. The summed E-state index contributed by atoms with van der Waals surface area (Å²) in [4.78, 5) is 6.92. The van der Waals surface area contributed by atoms with Crippen molar-refractivity contribution in [3.8, 4) is 11.5 Å². The molecule has 0 amide bonds. The maximum absolute atomic E-state index is 5.72. The highest BCUT2D eigenvalue weighted by molar-refractivity contribution is 5.44. The summed E-state index contributed by atoms with van der Waals surface area (Å²) in [5, 5.41) is 4.13. The van der Waals surface area contributed by atoms with E-state index in [4.69, 9.17) is 14.0 Å². The molecule has 128 valence electrons. The molecule has 0 aliphatic carbocycles. The van der Waals surface area contributed by atoms with Gasteiger partial charge in [-0.3, -0.25) is 4.90 Å². The topological polar surface area (TPSA) is 60.6 Å². The van der Waals surface area contributed by atoms with Gasteiger partial charge in [0.15, 0.2) is 17.3 Å². The zero-order chi connectivity index (χ0) is 16.5. The van der Waals surface area contributed by atoms with E-state index < -0.39 is 0 Å². The number of hydrogen-bond donors (Lipinski definition) is 0. The Morgan fingerprint density at radius 2 is 2.04 bits per heavy atom. The van der Waals surface area contributed by atoms with Gasteiger partial charge in [-0.25, -0.2) is 0 Å². The molecule has 6 nitrogen and oxygen atoms in total. The number of benzene rings is 1. The third-order valence-corrected chi connectivity index (χ3v) is 4.64. The number of hydrogen-bond acceptors (Lipinski definition) is 6. The van der Waals surface area contributed by atoms with Gasteiger partial charge in [-0.15, -0.1) is 0 Å². The normalized spacial score (nSPS) is 20.7. The molecule has 1 aromatic carbocycles. The summed E-state index contributed by atoms with van der Waals surface area (Å²) < 4.78 is 16.7. The van der Waals surface area contributed by atoms with E-state index in [1.165, 1.54) is 12.0 Å². The molecule has 1 fully saturated rings. The molecule has 1 atom stereocenters. The zero-order valence-electron chi connectivity index (χ0n) is 14.2. The van der Waals surface area contributed by atoms with Crippen molar-refractivity contribution in [1.29, 1.82) is 0 Å². The number of aromatic nitrogens is 2. The van der Waals surface area contributed by atoms with Gasteiger partial charge < -0.3 is 14.0 Å². The third-order valence-electron chi connectivity index (χ3n) is 4.64. The molecule has 0 radical (unpaired) electrons. The highest BCUT2D eigenvalue weighted by Gasteiger charge is 2.28. The van der Waals surface area contributed by atoms with Crippen LogP contribution in [0.2, 0.25) is 0 Å². The molecule has 0 saturated carbocycles. The Balaban J connectivity index is 1.52. The fourth-order valence-corrected chi connectivity index (χ4v) is 3.41. The lowest BCUT2D eigenvalue weighted by Crippen LogP contribution is -2.24. The maximum Gasteiger partial charge on any atom is 0.229 e. The van der Waals surface area contributed by atoms with Crippen LogP contribution in [0.15, 0.2) is 22.7 Å². The van der Waals surface area contributed by atoms with Crippen molar-refractivity contribution in [2.24, 2.45) is 0 Å². The van der Waals surface area contributed by atoms with E-state index in [1.807, 2.05) is 6.07 Å². The van der Waals surface area contributed by atoms with Gasteiger partial charge in [0.2, 0.25) is 5.89 Å².